The van der Waals surface area contributed by atoms with E-state index < -0.39 is 0 Å². The van der Waals surface area contributed by atoms with Crippen LogP contribution in [0.2, 0.25) is 0 Å². The molecule has 2 aliphatic heterocycles. The van der Waals surface area contributed by atoms with Crippen molar-refractivity contribution in [3.63, 3.8) is 0 Å². The topological polar surface area (TPSA) is 67.9 Å². The summed E-state index contributed by atoms with van der Waals surface area (Å²) in [6.07, 6.45) is 2.32. The number of hydrogen-bond donors (Lipinski definition) is 1. The highest BCUT2D eigenvalue weighted by atomic mass is 16.5. The maximum atomic E-state index is 12.3. The van der Waals surface area contributed by atoms with Crippen molar-refractivity contribution in [3.8, 4) is 5.75 Å². The summed E-state index contributed by atoms with van der Waals surface area (Å²) in [6, 6.07) is 7.24. The van der Waals surface area contributed by atoms with Crippen LogP contribution in [-0.4, -0.2) is 43.7 Å². The Morgan fingerprint density at radius 1 is 1.39 bits per heavy atom. The predicted octanol–water partition coefficient (Wildman–Crippen LogP) is 1.49. The van der Waals surface area contributed by atoms with E-state index in [9.17, 15) is 9.59 Å². The van der Waals surface area contributed by atoms with Crippen LogP contribution in [0.15, 0.2) is 24.3 Å². The molecule has 6 nitrogen and oxygen atoms in total. The minimum absolute atomic E-state index is 0.00370. The Kier molecular flexibility index (Phi) is 4.81. The number of nitrogens with one attached hydrogen (secondary N) is 1. The quantitative estimate of drug-likeness (QED) is 0.913. The van der Waals surface area contributed by atoms with Crippen LogP contribution in [0.1, 0.15) is 26.2 Å². The largest absolute Gasteiger partial charge is 0.491 e. The number of rotatable bonds is 4. The molecule has 1 N–H and O–H groups in total. The highest BCUT2D eigenvalue weighted by Crippen LogP contribution is 2.30. The third kappa shape index (κ3) is 3.64. The first-order chi connectivity index (χ1) is 11.1. The molecule has 1 aromatic rings. The second kappa shape index (κ2) is 7.00. The zero-order chi connectivity index (χ0) is 16.2. The van der Waals surface area contributed by atoms with Crippen molar-refractivity contribution in [3.05, 3.63) is 24.3 Å². The number of ether oxygens (including phenoxy) is 2. The van der Waals surface area contributed by atoms with Gasteiger partial charge in [-0.15, -0.1) is 0 Å². The molecule has 1 fully saturated rings. The van der Waals surface area contributed by atoms with Crippen LogP contribution in [0.4, 0.5) is 5.69 Å². The Balaban J connectivity index is 1.67. The van der Waals surface area contributed by atoms with Gasteiger partial charge in [-0.05, 0) is 31.9 Å². The lowest BCUT2D eigenvalue weighted by molar-refractivity contribution is -0.124. The third-order valence-electron chi connectivity index (χ3n) is 4.24. The summed E-state index contributed by atoms with van der Waals surface area (Å²) in [5.74, 6) is 0.353. The first-order valence-electron chi connectivity index (χ1n) is 8.08. The van der Waals surface area contributed by atoms with Crippen molar-refractivity contribution in [1.82, 2.24) is 5.32 Å². The molecule has 0 aromatic heterocycles. The summed E-state index contributed by atoms with van der Waals surface area (Å²) in [5.41, 5.74) is 0.648. The highest BCUT2D eigenvalue weighted by Gasteiger charge is 2.27. The van der Waals surface area contributed by atoms with E-state index in [1.165, 1.54) is 4.90 Å². The van der Waals surface area contributed by atoms with Crippen LogP contribution in [0.3, 0.4) is 0 Å². The predicted molar refractivity (Wildman–Crippen MR) is 85.5 cm³/mol. The first kappa shape index (κ1) is 15.8. The van der Waals surface area contributed by atoms with E-state index in [2.05, 4.69) is 5.32 Å². The molecule has 2 amide bonds. The molecule has 2 atom stereocenters. The van der Waals surface area contributed by atoms with Gasteiger partial charge in [0.25, 0.3) is 0 Å². The Morgan fingerprint density at radius 2 is 2.22 bits per heavy atom. The number of anilines is 1. The van der Waals surface area contributed by atoms with Crippen LogP contribution < -0.4 is 15.0 Å². The van der Waals surface area contributed by atoms with Gasteiger partial charge in [-0.25, -0.2) is 0 Å². The van der Waals surface area contributed by atoms with Crippen molar-refractivity contribution < 1.29 is 19.1 Å². The Labute approximate surface area is 135 Å². The molecule has 3 rings (SSSR count). The zero-order valence-corrected chi connectivity index (χ0v) is 13.3. The number of benzene rings is 1. The lowest BCUT2D eigenvalue weighted by atomic mass is 10.1. The Bertz CT molecular complexity index is 584. The number of para-hydroxylation sites is 2. The van der Waals surface area contributed by atoms with E-state index in [0.717, 1.165) is 19.4 Å². The molecule has 1 aromatic carbocycles. The smallest absolute Gasteiger partial charge is 0.240 e. The molecule has 1 saturated heterocycles. The van der Waals surface area contributed by atoms with Crippen LogP contribution >= 0.6 is 0 Å². The fraction of sp³-hybridized carbons (Fsp3) is 0.529. The molecule has 0 bridgehead atoms. The fourth-order valence-corrected chi connectivity index (χ4v) is 3.03. The van der Waals surface area contributed by atoms with Crippen molar-refractivity contribution in [1.29, 1.82) is 0 Å². The molecular formula is C17H22N2O4. The molecule has 2 aliphatic rings. The average Bonchev–Trinajstić information content (AvgIpc) is 3.03. The van der Waals surface area contributed by atoms with E-state index in [1.54, 1.807) is 6.07 Å². The highest BCUT2D eigenvalue weighted by molar-refractivity contribution is 6.00. The maximum absolute atomic E-state index is 12.3. The monoisotopic (exact) mass is 318 g/mol. The van der Waals surface area contributed by atoms with Gasteiger partial charge in [0.15, 0.2) is 0 Å². The lowest BCUT2D eigenvalue weighted by Gasteiger charge is -2.24. The number of fused-ring (bicyclic) bond motifs is 1. The summed E-state index contributed by atoms with van der Waals surface area (Å²) in [4.78, 5) is 26.1. The number of amides is 2. The van der Waals surface area contributed by atoms with Crippen LogP contribution in [0, 0.1) is 0 Å². The van der Waals surface area contributed by atoms with Crippen LogP contribution in [-0.2, 0) is 14.3 Å². The van der Waals surface area contributed by atoms with Gasteiger partial charge >= 0.3 is 0 Å². The van der Waals surface area contributed by atoms with E-state index in [1.807, 2.05) is 25.1 Å². The molecule has 0 unspecified atom stereocenters. The maximum Gasteiger partial charge on any atom is 0.240 e. The second-order valence-corrected chi connectivity index (χ2v) is 5.95. The van der Waals surface area contributed by atoms with Crippen LogP contribution in [0.25, 0.3) is 0 Å². The molecule has 6 heteroatoms. The van der Waals surface area contributed by atoms with Gasteiger partial charge in [0.2, 0.25) is 11.8 Å². The molecule has 2 heterocycles. The Hall–Kier alpha value is -2.08. The molecule has 0 radical (unpaired) electrons. The minimum atomic E-state index is -0.182. The molecule has 0 aliphatic carbocycles. The van der Waals surface area contributed by atoms with Crippen molar-refractivity contribution >= 4 is 17.5 Å². The standard InChI is InChI=1S/C17H22N2O4/c1-12(14-7-4-9-22-14)18-16(20)11-19-13-5-2-3-6-15(13)23-10-8-17(19)21/h2-3,5-6,12,14H,4,7-11H2,1H3,(H,18,20)/t12-,14+/m1/s1. The number of nitrogens with zero attached hydrogens (tertiary/aromatic N) is 1. The average molecular weight is 318 g/mol. The molecule has 0 spiro atoms. The molecule has 23 heavy (non-hydrogen) atoms. The minimum Gasteiger partial charge on any atom is -0.491 e. The van der Waals surface area contributed by atoms with Gasteiger partial charge in [0, 0.05) is 6.61 Å². The van der Waals surface area contributed by atoms with Gasteiger partial charge in [-0.1, -0.05) is 12.1 Å². The Morgan fingerprint density at radius 3 is 3.00 bits per heavy atom. The normalized spacial score (nSPS) is 22.0. The molecule has 0 saturated carbocycles. The summed E-state index contributed by atoms with van der Waals surface area (Å²) < 4.78 is 11.2. The van der Waals surface area contributed by atoms with E-state index >= 15 is 0 Å². The molecule has 124 valence electrons. The van der Waals surface area contributed by atoms with Crippen molar-refractivity contribution in [2.75, 3.05) is 24.7 Å². The van der Waals surface area contributed by atoms with Crippen molar-refractivity contribution in [2.24, 2.45) is 0 Å². The number of carbonyl (C=O) groups is 2. The summed E-state index contributed by atoms with van der Waals surface area (Å²) >= 11 is 0. The summed E-state index contributed by atoms with van der Waals surface area (Å²) in [7, 11) is 0. The SMILES string of the molecule is C[C@@H](NC(=O)CN1C(=O)CCOc2ccccc21)[C@@H]1CCCO1. The van der Waals surface area contributed by atoms with Gasteiger partial charge in [0.1, 0.15) is 12.3 Å². The lowest BCUT2D eigenvalue weighted by Crippen LogP contribution is -2.47. The van der Waals surface area contributed by atoms with Crippen LogP contribution in [0.5, 0.6) is 5.75 Å². The van der Waals surface area contributed by atoms with E-state index in [0.29, 0.717) is 18.0 Å². The number of hydrogen-bond acceptors (Lipinski definition) is 4. The van der Waals surface area contributed by atoms with Gasteiger partial charge in [-0.2, -0.15) is 0 Å². The van der Waals surface area contributed by atoms with E-state index in [-0.39, 0.29) is 36.9 Å². The zero-order valence-electron chi connectivity index (χ0n) is 13.3. The van der Waals surface area contributed by atoms with Gasteiger partial charge in [0.05, 0.1) is 30.9 Å². The second-order valence-electron chi connectivity index (χ2n) is 5.95. The summed E-state index contributed by atoms with van der Waals surface area (Å²) in [5, 5.41) is 2.94. The molecular weight excluding hydrogens is 296 g/mol. The fourth-order valence-electron chi connectivity index (χ4n) is 3.03. The van der Waals surface area contributed by atoms with Gasteiger partial charge in [-0.3, -0.25) is 14.5 Å². The van der Waals surface area contributed by atoms with E-state index in [4.69, 9.17) is 9.47 Å². The summed E-state index contributed by atoms with van der Waals surface area (Å²) in [6.45, 7) is 3.02. The number of carbonyl (C=O) groups excluding carboxylic acids is 2. The third-order valence-corrected chi connectivity index (χ3v) is 4.24. The first-order valence-corrected chi connectivity index (χ1v) is 8.08. The van der Waals surface area contributed by atoms with Gasteiger partial charge < -0.3 is 14.8 Å². The van der Waals surface area contributed by atoms with Crippen molar-refractivity contribution in [2.45, 2.75) is 38.3 Å².